The zero-order valence-corrected chi connectivity index (χ0v) is 21.4. The van der Waals surface area contributed by atoms with Crippen LogP contribution in [-0.2, 0) is 19.6 Å². The average molecular weight is 500 g/mol. The van der Waals surface area contributed by atoms with Gasteiger partial charge in [0.2, 0.25) is 15.9 Å². The quantitative estimate of drug-likeness (QED) is 0.352. The first-order chi connectivity index (χ1) is 16.2. The van der Waals surface area contributed by atoms with Crippen molar-refractivity contribution in [3.63, 3.8) is 0 Å². The Kier molecular flexibility index (Phi) is 6.97. The molecule has 0 aromatic rings. The number of rotatable bonds is 6. The molecule has 0 radical (unpaired) electrons. The van der Waals surface area contributed by atoms with Crippen LogP contribution in [0.2, 0.25) is 0 Å². The Morgan fingerprint density at radius 2 is 1.94 bits per heavy atom. The van der Waals surface area contributed by atoms with Crippen molar-refractivity contribution in [1.29, 1.82) is 0 Å². The number of piperidine rings is 1. The van der Waals surface area contributed by atoms with E-state index in [9.17, 15) is 13.2 Å². The van der Waals surface area contributed by atoms with Crippen LogP contribution in [0.3, 0.4) is 0 Å². The van der Waals surface area contributed by atoms with Crippen LogP contribution in [0, 0.1) is 11.8 Å². The number of amides is 1. The standard InChI is InChI=1S/C22H41N7O4S/c1-15(30)28-13-22(14-28,33-3)17-7-8-23-20(9-17)29-12-18(11-25-29)34(31,32)26-19-6-4-5-16-10-24-27(2)21(16)19/h16-21,23-26H,4-14H2,1-3H3. The highest BCUT2D eigenvalue weighted by Gasteiger charge is 2.52. The first-order valence-corrected chi connectivity index (χ1v) is 14.3. The maximum absolute atomic E-state index is 13.4. The van der Waals surface area contributed by atoms with Crippen molar-refractivity contribution in [2.24, 2.45) is 11.8 Å². The van der Waals surface area contributed by atoms with Crippen LogP contribution in [0.15, 0.2) is 0 Å². The van der Waals surface area contributed by atoms with Crippen LogP contribution >= 0.6 is 0 Å². The van der Waals surface area contributed by atoms with Crippen LogP contribution in [0.25, 0.3) is 0 Å². The summed E-state index contributed by atoms with van der Waals surface area (Å²) in [6.45, 7) is 5.52. The lowest BCUT2D eigenvalue weighted by molar-refractivity contribution is -0.181. The van der Waals surface area contributed by atoms with Gasteiger partial charge in [-0.2, -0.15) is 0 Å². The fraction of sp³-hybridized carbons (Fsp3) is 0.955. The van der Waals surface area contributed by atoms with Gasteiger partial charge in [-0.3, -0.25) is 15.6 Å². The second kappa shape index (κ2) is 9.55. The van der Waals surface area contributed by atoms with Crippen molar-refractivity contribution in [3.8, 4) is 0 Å². The van der Waals surface area contributed by atoms with Gasteiger partial charge >= 0.3 is 0 Å². The number of likely N-dealkylation sites (N-methyl/N-ethyl adjacent to an activating group) is 1. The van der Waals surface area contributed by atoms with E-state index >= 15 is 0 Å². The normalized spacial score (nSPS) is 39.1. The lowest BCUT2D eigenvalue weighted by atomic mass is 9.74. The monoisotopic (exact) mass is 499 g/mol. The van der Waals surface area contributed by atoms with E-state index in [0.717, 1.165) is 45.2 Å². The molecule has 4 saturated heterocycles. The van der Waals surface area contributed by atoms with Gasteiger partial charge in [0.1, 0.15) is 10.9 Å². The number of methoxy groups -OCH3 is 1. The van der Waals surface area contributed by atoms with Crippen LogP contribution < -0.4 is 20.9 Å². The van der Waals surface area contributed by atoms with Crippen molar-refractivity contribution in [3.05, 3.63) is 0 Å². The van der Waals surface area contributed by atoms with Crippen molar-refractivity contribution < 1.29 is 17.9 Å². The lowest BCUT2D eigenvalue weighted by Gasteiger charge is -2.55. The predicted molar refractivity (Wildman–Crippen MR) is 128 cm³/mol. The fourth-order valence-corrected chi connectivity index (χ4v) is 8.40. The highest BCUT2D eigenvalue weighted by Crippen LogP contribution is 2.39. The Labute approximate surface area is 203 Å². The molecule has 34 heavy (non-hydrogen) atoms. The lowest BCUT2D eigenvalue weighted by Crippen LogP contribution is -2.69. The number of hydrogen-bond acceptors (Lipinski definition) is 9. The highest BCUT2D eigenvalue weighted by molar-refractivity contribution is 7.90. The van der Waals surface area contributed by atoms with E-state index in [0.29, 0.717) is 38.0 Å². The first kappa shape index (κ1) is 24.8. The third kappa shape index (κ3) is 4.52. The highest BCUT2D eigenvalue weighted by atomic mass is 32.2. The number of nitrogens with zero attached hydrogens (tertiary/aromatic N) is 3. The van der Waals surface area contributed by atoms with E-state index in [4.69, 9.17) is 4.74 Å². The molecule has 5 fully saturated rings. The summed E-state index contributed by atoms with van der Waals surface area (Å²) in [4.78, 5) is 13.5. The van der Waals surface area contributed by atoms with Gasteiger partial charge in [-0.05, 0) is 44.1 Å². The number of carbonyl (C=O) groups excluding carboxylic acids is 1. The molecule has 12 heteroatoms. The number of sulfonamides is 1. The zero-order chi connectivity index (χ0) is 24.1. The molecular weight excluding hydrogens is 458 g/mol. The van der Waals surface area contributed by atoms with Crippen LogP contribution in [0.4, 0.5) is 0 Å². The number of nitrogens with one attached hydrogen (secondary N) is 4. The summed E-state index contributed by atoms with van der Waals surface area (Å²) in [5.41, 5.74) is 6.43. The molecule has 5 rings (SSSR count). The summed E-state index contributed by atoms with van der Waals surface area (Å²) in [6.07, 6.45) is 4.99. The van der Waals surface area contributed by atoms with Gasteiger partial charge in [-0.25, -0.2) is 23.2 Å². The minimum Gasteiger partial charge on any atom is -0.374 e. The predicted octanol–water partition coefficient (Wildman–Crippen LogP) is -1.35. The summed E-state index contributed by atoms with van der Waals surface area (Å²) in [6, 6.07) is 0.177. The fourth-order valence-electron chi connectivity index (χ4n) is 6.88. The Hall–Kier alpha value is -0.860. The molecule has 1 aliphatic carbocycles. The molecule has 11 nitrogen and oxygen atoms in total. The number of ether oxygens (including phenoxy) is 1. The Morgan fingerprint density at radius 1 is 1.15 bits per heavy atom. The molecule has 0 aromatic carbocycles. The van der Waals surface area contributed by atoms with Crippen LogP contribution in [0.5, 0.6) is 0 Å². The third-order valence-electron chi connectivity index (χ3n) is 8.98. The van der Waals surface area contributed by atoms with E-state index in [1.807, 2.05) is 11.9 Å². The van der Waals surface area contributed by atoms with Crippen molar-refractivity contribution >= 4 is 15.9 Å². The van der Waals surface area contributed by atoms with E-state index in [1.165, 1.54) is 0 Å². The SMILES string of the molecule is COC1(C2CCNC(N3CC(S(=O)(=O)NC4CCCC5CNN(C)C54)CN3)C2)CN(C(C)=O)C1. The Morgan fingerprint density at radius 3 is 2.68 bits per heavy atom. The van der Waals surface area contributed by atoms with E-state index in [1.54, 1.807) is 14.0 Å². The van der Waals surface area contributed by atoms with Gasteiger partial charge in [0.15, 0.2) is 0 Å². The molecule has 0 aromatic heterocycles. The Balaban J connectivity index is 1.19. The van der Waals surface area contributed by atoms with Crippen LogP contribution in [0.1, 0.15) is 39.0 Å². The summed E-state index contributed by atoms with van der Waals surface area (Å²) in [7, 11) is 0.304. The van der Waals surface area contributed by atoms with Crippen molar-refractivity contribution in [1.82, 2.24) is 35.8 Å². The van der Waals surface area contributed by atoms with E-state index in [-0.39, 0.29) is 29.8 Å². The molecule has 5 aliphatic rings. The maximum Gasteiger partial charge on any atom is 0.219 e. The van der Waals surface area contributed by atoms with Gasteiger partial charge in [0.05, 0.1) is 19.3 Å². The molecule has 194 valence electrons. The minimum absolute atomic E-state index is 0.0422. The summed E-state index contributed by atoms with van der Waals surface area (Å²) in [5, 5.41) is 7.23. The van der Waals surface area contributed by atoms with Gasteiger partial charge in [0, 0.05) is 52.8 Å². The molecule has 4 heterocycles. The molecule has 6 atom stereocenters. The first-order valence-electron chi connectivity index (χ1n) is 12.7. The molecule has 0 bridgehead atoms. The topological polar surface area (TPSA) is 118 Å². The smallest absolute Gasteiger partial charge is 0.219 e. The maximum atomic E-state index is 13.4. The second-order valence-electron chi connectivity index (χ2n) is 10.9. The van der Waals surface area contributed by atoms with Gasteiger partial charge in [-0.1, -0.05) is 6.42 Å². The van der Waals surface area contributed by atoms with Crippen LogP contribution in [-0.4, -0.2) is 112 Å². The van der Waals surface area contributed by atoms with E-state index < -0.39 is 15.3 Å². The average Bonchev–Trinajstić information content (AvgIpc) is 3.42. The van der Waals surface area contributed by atoms with Crippen molar-refractivity contribution in [2.45, 2.75) is 68.1 Å². The zero-order valence-electron chi connectivity index (χ0n) is 20.6. The number of hydrogen-bond donors (Lipinski definition) is 4. The summed E-state index contributed by atoms with van der Waals surface area (Å²) >= 11 is 0. The molecular formula is C22H41N7O4S. The van der Waals surface area contributed by atoms with Gasteiger partial charge < -0.3 is 15.0 Å². The molecule has 4 N–H and O–H groups in total. The second-order valence-corrected chi connectivity index (χ2v) is 12.9. The molecule has 4 aliphatic heterocycles. The third-order valence-corrected chi connectivity index (χ3v) is 10.8. The summed E-state index contributed by atoms with van der Waals surface area (Å²) in [5.74, 6) is 0.912. The number of hydrazine groups is 2. The van der Waals surface area contributed by atoms with Crippen molar-refractivity contribution in [2.75, 3.05) is 53.4 Å². The number of likely N-dealkylation sites (tertiary alicyclic amines) is 1. The number of fused-ring (bicyclic) bond motifs is 1. The molecule has 0 spiro atoms. The molecule has 1 amide bonds. The largest absolute Gasteiger partial charge is 0.374 e. The molecule has 6 unspecified atom stereocenters. The Bertz CT molecular complexity index is 865. The molecule has 1 saturated carbocycles. The van der Waals surface area contributed by atoms with Gasteiger partial charge in [0.25, 0.3) is 0 Å². The minimum atomic E-state index is -3.46. The number of carbonyl (C=O) groups is 1. The van der Waals surface area contributed by atoms with E-state index in [2.05, 4.69) is 30.9 Å². The summed E-state index contributed by atoms with van der Waals surface area (Å²) < 4.78 is 35.7. The van der Waals surface area contributed by atoms with Gasteiger partial charge in [-0.15, -0.1) is 0 Å².